The summed E-state index contributed by atoms with van der Waals surface area (Å²) in [6, 6.07) is 5.34. The van der Waals surface area contributed by atoms with Crippen molar-refractivity contribution < 1.29 is 14.3 Å². The molecule has 5 nitrogen and oxygen atoms in total. The van der Waals surface area contributed by atoms with E-state index < -0.39 is 0 Å². The lowest BCUT2D eigenvalue weighted by Gasteiger charge is -2.30. The van der Waals surface area contributed by atoms with E-state index in [2.05, 4.69) is 13.8 Å². The van der Waals surface area contributed by atoms with Gasteiger partial charge in [-0.25, -0.2) is 0 Å². The molecular weight excluding hydrogens is 268 g/mol. The maximum atomic E-state index is 12.8. The van der Waals surface area contributed by atoms with E-state index in [0.29, 0.717) is 30.2 Å². The van der Waals surface area contributed by atoms with Gasteiger partial charge in [-0.3, -0.25) is 4.79 Å². The lowest BCUT2D eigenvalue weighted by Crippen LogP contribution is -2.41. The van der Waals surface area contributed by atoms with Crippen LogP contribution in [0.25, 0.3) is 0 Å². The normalized spacial score (nSPS) is 10.7. The van der Waals surface area contributed by atoms with Gasteiger partial charge in [-0.2, -0.15) is 0 Å². The van der Waals surface area contributed by atoms with E-state index in [4.69, 9.17) is 15.2 Å². The third-order valence-corrected chi connectivity index (χ3v) is 3.66. The summed E-state index contributed by atoms with van der Waals surface area (Å²) in [5.41, 5.74) is 6.91. The molecule has 1 amide bonds. The summed E-state index contributed by atoms with van der Waals surface area (Å²) in [4.78, 5) is 14.6. The number of hydrogen-bond acceptors (Lipinski definition) is 4. The molecule has 0 heterocycles. The Morgan fingerprint density at radius 2 is 1.95 bits per heavy atom. The summed E-state index contributed by atoms with van der Waals surface area (Å²) in [6.45, 7) is 5.28. The van der Waals surface area contributed by atoms with Gasteiger partial charge in [-0.15, -0.1) is 0 Å². The molecular formula is C16H26N2O3. The molecule has 0 aromatic heterocycles. The number of benzene rings is 1. The number of nitrogen functional groups attached to an aromatic ring is 1. The van der Waals surface area contributed by atoms with Gasteiger partial charge in [-0.1, -0.05) is 13.8 Å². The Kier molecular flexibility index (Phi) is 7.02. The predicted molar refractivity (Wildman–Crippen MR) is 84.7 cm³/mol. The molecule has 0 radical (unpaired) electrons. The van der Waals surface area contributed by atoms with Crippen LogP contribution in [0.1, 0.15) is 37.0 Å². The van der Waals surface area contributed by atoms with Crippen LogP contribution in [0.3, 0.4) is 0 Å². The second-order valence-electron chi connectivity index (χ2n) is 4.92. The SMILES string of the molecule is CCC(CC)N(CCOC)C(=O)c1ccc(N)c(OC)c1. The zero-order valence-electron chi connectivity index (χ0n) is 13.4. The summed E-state index contributed by atoms with van der Waals surface area (Å²) in [5.74, 6) is 0.510. The number of nitrogens with two attached hydrogens (primary N) is 1. The first-order valence-corrected chi connectivity index (χ1v) is 7.32. The highest BCUT2D eigenvalue weighted by Gasteiger charge is 2.22. The number of methoxy groups -OCH3 is 2. The lowest BCUT2D eigenvalue weighted by molar-refractivity contribution is 0.0589. The van der Waals surface area contributed by atoms with E-state index in [9.17, 15) is 4.79 Å². The van der Waals surface area contributed by atoms with Gasteiger partial charge in [0.2, 0.25) is 0 Å². The highest BCUT2D eigenvalue weighted by atomic mass is 16.5. The van der Waals surface area contributed by atoms with Crippen molar-refractivity contribution in [1.82, 2.24) is 4.90 Å². The van der Waals surface area contributed by atoms with Gasteiger partial charge in [0.1, 0.15) is 5.75 Å². The summed E-state index contributed by atoms with van der Waals surface area (Å²) in [7, 11) is 3.19. The van der Waals surface area contributed by atoms with Crippen LogP contribution < -0.4 is 10.5 Å². The van der Waals surface area contributed by atoms with E-state index in [-0.39, 0.29) is 11.9 Å². The van der Waals surface area contributed by atoms with Crippen LogP contribution in [0.5, 0.6) is 5.75 Å². The van der Waals surface area contributed by atoms with Gasteiger partial charge in [0.15, 0.2) is 0 Å². The van der Waals surface area contributed by atoms with Crippen molar-refractivity contribution >= 4 is 11.6 Å². The highest BCUT2D eigenvalue weighted by molar-refractivity contribution is 5.95. The van der Waals surface area contributed by atoms with Gasteiger partial charge in [0.05, 0.1) is 19.4 Å². The van der Waals surface area contributed by atoms with E-state index >= 15 is 0 Å². The molecule has 0 aliphatic rings. The van der Waals surface area contributed by atoms with Crippen molar-refractivity contribution in [3.63, 3.8) is 0 Å². The second kappa shape index (κ2) is 8.52. The van der Waals surface area contributed by atoms with E-state index in [0.717, 1.165) is 12.8 Å². The van der Waals surface area contributed by atoms with Crippen molar-refractivity contribution in [1.29, 1.82) is 0 Å². The number of rotatable bonds is 8. The third kappa shape index (κ3) is 4.36. The quantitative estimate of drug-likeness (QED) is 0.748. The molecule has 2 N–H and O–H groups in total. The van der Waals surface area contributed by atoms with Crippen LogP contribution in [-0.2, 0) is 4.74 Å². The number of hydrogen-bond donors (Lipinski definition) is 1. The van der Waals surface area contributed by atoms with E-state index in [1.54, 1.807) is 32.4 Å². The average molecular weight is 294 g/mol. The standard InChI is InChI=1S/C16H26N2O3/c1-5-13(6-2)18(9-10-20-3)16(19)12-7-8-14(17)15(11-12)21-4/h7-8,11,13H,5-6,9-10,17H2,1-4H3. The van der Waals surface area contributed by atoms with Crippen LogP contribution in [0.4, 0.5) is 5.69 Å². The fourth-order valence-corrected chi connectivity index (χ4v) is 2.38. The maximum absolute atomic E-state index is 12.8. The summed E-state index contributed by atoms with van der Waals surface area (Å²) in [6.07, 6.45) is 1.83. The Bertz CT molecular complexity index is 459. The van der Waals surface area contributed by atoms with E-state index in [1.807, 2.05) is 4.90 Å². The summed E-state index contributed by atoms with van der Waals surface area (Å²) >= 11 is 0. The van der Waals surface area contributed by atoms with Crippen LogP contribution in [0.2, 0.25) is 0 Å². The monoisotopic (exact) mass is 294 g/mol. The van der Waals surface area contributed by atoms with Gasteiger partial charge >= 0.3 is 0 Å². The summed E-state index contributed by atoms with van der Waals surface area (Å²) < 4.78 is 10.3. The van der Waals surface area contributed by atoms with Crippen LogP contribution in [-0.4, -0.2) is 44.2 Å². The Labute approximate surface area is 127 Å². The fraction of sp³-hybridized carbons (Fsp3) is 0.562. The molecule has 5 heteroatoms. The van der Waals surface area contributed by atoms with Crippen LogP contribution in [0.15, 0.2) is 18.2 Å². The van der Waals surface area contributed by atoms with Gasteiger partial charge in [0.25, 0.3) is 5.91 Å². The molecule has 0 aliphatic heterocycles. The Balaban J connectivity index is 3.03. The van der Waals surface area contributed by atoms with Gasteiger partial charge in [0, 0.05) is 25.3 Å². The average Bonchev–Trinajstić information content (AvgIpc) is 2.51. The first kappa shape index (κ1) is 17.3. The molecule has 0 unspecified atom stereocenters. The minimum atomic E-state index is -0.0148. The first-order valence-electron chi connectivity index (χ1n) is 7.32. The Morgan fingerprint density at radius 1 is 1.29 bits per heavy atom. The van der Waals surface area contributed by atoms with Gasteiger partial charge in [-0.05, 0) is 31.0 Å². The molecule has 0 spiro atoms. The van der Waals surface area contributed by atoms with E-state index in [1.165, 1.54) is 0 Å². The third-order valence-electron chi connectivity index (χ3n) is 3.66. The zero-order valence-corrected chi connectivity index (χ0v) is 13.4. The van der Waals surface area contributed by atoms with Gasteiger partial charge < -0.3 is 20.1 Å². The number of ether oxygens (including phenoxy) is 2. The molecule has 0 saturated carbocycles. The number of carbonyl (C=O) groups excluding carboxylic acids is 1. The fourth-order valence-electron chi connectivity index (χ4n) is 2.38. The minimum absolute atomic E-state index is 0.0148. The predicted octanol–water partition coefficient (Wildman–Crippen LogP) is 2.55. The van der Waals surface area contributed by atoms with Crippen molar-refractivity contribution in [3.05, 3.63) is 23.8 Å². The number of carbonyl (C=O) groups is 1. The molecule has 21 heavy (non-hydrogen) atoms. The lowest BCUT2D eigenvalue weighted by atomic mass is 10.1. The summed E-state index contributed by atoms with van der Waals surface area (Å²) in [5, 5.41) is 0. The Hall–Kier alpha value is -1.75. The molecule has 1 aromatic carbocycles. The van der Waals surface area contributed by atoms with Crippen molar-refractivity contribution in [3.8, 4) is 5.75 Å². The highest BCUT2D eigenvalue weighted by Crippen LogP contribution is 2.24. The number of amides is 1. The zero-order chi connectivity index (χ0) is 15.8. The molecule has 0 saturated heterocycles. The molecule has 1 aromatic rings. The molecule has 0 fully saturated rings. The van der Waals surface area contributed by atoms with Crippen LogP contribution in [0, 0.1) is 0 Å². The topological polar surface area (TPSA) is 64.8 Å². The van der Waals surface area contributed by atoms with Crippen molar-refractivity contribution in [2.24, 2.45) is 0 Å². The second-order valence-corrected chi connectivity index (χ2v) is 4.92. The molecule has 0 aliphatic carbocycles. The number of anilines is 1. The molecule has 0 atom stereocenters. The molecule has 118 valence electrons. The first-order chi connectivity index (χ1) is 10.1. The maximum Gasteiger partial charge on any atom is 0.254 e. The van der Waals surface area contributed by atoms with Crippen molar-refractivity contribution in [2.75, 3.05) is 33.1 Å². The molecule has 0 bridgehead atoms. The number of nitrogens with zero attached hydrogens (tertiary/aromatic N) is 1. The Morgan fingerprint density at radius 3 is 2.48 bits per heavy atom. The largest absolute Gasteiger partial charge is 0.495 e. The minimum Gasteiger partial charge on any atom is -0.495 e. The smallest absolute Gasteiger partial charge is 0.254 e. The molecule has 1 rings (SSSR count). The van der Waals surface area contributed by atoms with Crippen LogP contribution >= 0.6 is 0 Å². The van der Waals surface area contributed by atoms with Crippen molar-refractivity contribution in [2.45, 2.75) is 32.7 Å².